The number of hydrogen-bond acceptors (Lipinski definition) is 2. The van der Waals surface area contributed by atoms with Crippen molar-refractivity contribution in [3.8, 4) is 0 Å². The Bertz CT molecular complexity index is 289. The third-order valence-corrected chi connectivity index (χ3v) is 4.48. The summed E-state index contributed by atoms with van der Waals surface area (Å²) in [6, 6.07) is 1.65. The van der Waals surface area contributed by atoms with Crippen LogP contribution in [0.4, 0.5) is 0 Å². The van der Waals surface area contributed by atoms with E-state index in [-0.39, 0.29) is 5.54 Å². The van der Waals surface area contributed by atoms with Gasteiger partial charge >= 0.3 is 0 Å². The Labute approximate surface area is 113 Å². The Balaban J connectivity index is 1.90. The number of rotatable bonds is 4. The van der Waals surface area contributed by atoms with Crippen LogP contribution in [0.15, 0.2) is 12.3 Å². The molecule has 0 amide bonds. The summed E-state index contributed by atoms with van der Waals surface area (Å²) in [5.41, 5.74) is 1.33. The Hall–Kier alpha value is -0.500. The van der Waals surface area contributed by atoms with Gasteiger partial charge in [0, 0.05) is 29.9 Å². The number of nitrogens with one attached hydrogen (secondary N) is 1. The predicted octanol–water partition coefficient (Wildman–Crippen LogP) is 3.54. The average Bonchev–Trinajstić information content (AvgIpc) is 2.49. The molecule has 2 saturated heterocycles. The summed E-state index contributed by atoms with van der Waals surface area (Å²) in [6.45, 7) is 14.2. The molecule has 0 radical (unpaired) electrons. The molecule has 2 heteroatoms. The van der Waals surface area contributed by atoms with Crippen LogP contribution >= 0.6 is 0 Å². The number of hydrogen-bond donors (Lipinski definition) is 1. The van der Waals surface area contributed by atoms with Crippen LogP contribution in [0.2, 0.25) is 0 Å². The van der Waals surface area contributed by atoms with E-state index in [4.69, 9.17) is 0 Å². The third-order valence-electron chi connectivity index (χ3n) is 4.48. The molecule has 1 N–H and O–H groups in total. The van der Waals surface area contributed by atoms with E-state index in [9.17, 15) is 0 Å². The maximum absolute atomic E-state index is 4.22. The zero-order chi connectivity index (χ0) is 13.3. The second-order valence-corrected chi connectivity index (χ2v) is 7.28. The SMILES string of the molecule is C=C(CN1C2CCC1CC(CC)C2)NC(C)(C)C. The molecule has 0 aromatic heterocycles. The molecule has 0 saturated carbocycles. The van der Waals surface area contributed by atoms with Crippen molar-refractivity contribution in [1.29, 1.82) is 0 Å². The summed E-state index contributed by atoms with van der Waals surface area (Å²) in [5, 5.41) is 3.52. The summed E-state index contributed by atoms with van der Waals surface area (Å²) in [6.07, 6.45) is 7.00. The maximum atomic E-state index is 4.22. The van der Waals surface area contributed by atoms with E-state index in [2.05, 4.69) is 44.5 Å². The van der Waals surface area contributed by atoms with Gasteiger partial charge in [0.15, 0.2) is 0 Å². The first-order chi connectivity index (χ1) is 8.39. The molecule has 2 unspecified atom stereocenters. The van der Waals surface area contributed by atoms with Crippen molar-refractivity contribution in [3.05, 3.63) is 12.3 Å². The highest BCUT2D eigenvalue weighted by Gasteiger charge is 2.40. The fourth-order valence-corrected chi connectivity index (χ4v) is 3.77. The van der Waals surface area contributed by atoms with Gasteiger partial charge in [-0.2, -0.15) is 0 Å². The third kappa shape index (κ3) is 3.28. The molecule has 0 aliphatic carbocycles. The molecule has 2 aliphatic heterocycles. The van der Waals surface area contributed by atoms with Crippen LogP contribution in [0, 0.1) is 5.92 Å². The van der Waals surface area contributed by atoms with Crippen LogP contribution in [0.1, 0.15) is 59.8 Å². The van der Waals surface area contributed by atoms with Crippen LogP contribution < -0.4 is 5.32 Å². The van der Waals surface area contributed by atoms with E-state index in [1.807, 2.05) is 0 Å². The molecule has 2 atom stereocenters. The standard InChI is InChI=1S/C16H30N2/c1-6-13-9-14-7-8-15(10-13)18(14)11-12(2)17-16(3,4)5/h13-15,17H,2,6-11H2,1,3-5H3. The first-order valence-electron chi connectivity index (χ1n) is 7.60. The molecule has 0 aromatic rings. The number of nitrogens with zero attached hydrogens (tertiary/aromatic N) is 1. The van der Waals surface area contributed by atoms with Crippen molar-refractivity contribution in [1.82, 2.24) is 10.2 Å². The quantitative estimate of drug-likeness (QED) is 0.821. The van der Waals surface area contributed by atoms with Gasteiger partial charge in [0.05, 0.1) is 0 Å². The van der Waals surface area contributed by atoms with Crippen LogP contribution in [0.3, 0.4) is 0 Å². The molecule has 2 nitrogen and oxygen atoms in total. The monoisotopic (exact) mass is 250 g/mol. The van der Waals surface area contributed by atoms with E-state index in [1.54, 1.807) is 0 Å². The van der Waals surface area contributed by atoms with Crippen molar-refractivity contribution < 1.29 is 0 Å². The molecular formula is C16H30N2. The van der Waals surface area contributed by atoms with Crippen LogP contribution in [0.5, 0.6) is 0 Å². The molecule has 2 rings (SSSR count). The second-order valence-electron chi connectivity index (χ2n) is 7.28. The first-order valence-corrected chi connectivity index (χ1v) is 7.60. The van der Waals surface area contributed by atoms with Crippen LogP contribution in [0.25, 0.3) is 0 Å². The second kappa shape index (κ2) is 5.24. The summed E-state index contributed by atoms with van der Waals surface area (Å²) in [7, 11) is 0. The van der Waals surface area contributed by atoms with E-state index in [0.717, 1.165) is 24.5 Å². The lowest BCUT2D eigenvalue weighted by atomic mass is 9.88. The molecule has 0 spiro atoms. The van der Waals surface area contributed by atoms with Gasteiger partial charge < -0.3 is 5.32 Å². The van der Waals surface area contributed by atoms with Gasteiger partial charge in [-0.05, 0) is 52.4 Å². The lowest BCUT2D eigenvalue weighted by molar-refractivity contribution is 0.110. The maximum Gasteiger partial charge on any atom is 0.0381 e. The molecule has 0 aromatic carbocycles. The van der Waals surface area contributed by atoms with Crippen molar-refractivity contribution in [2.45, 2.75) is 77.4 Å². The van der Waals surface area contributed by atoms with E-state index < -0.39 is 0 Å². The van der Waals surface area contributed by atoms with Gasteiger partial charge in [-0.15, -0.1) is 0 Å². The lowest BCUT2D eigenvalue weighted by Gasteiger charge is -2.40. The van der Waals surface area contributed by atoms with Gasteiger partial charge in [0.2, 0.25) is 0 Å². The minimum atomic E-state index is 0.137. The molecule has 104 valence electrons. The van der Waals surface area contributed by atoms with Crippen molar-refractivity contribution in [2.24, 2.45) is 5.92 Å². The molecule has 2 bridgehead atoms. The number of piperidine rings is 1. The molecule has 2 aliphatic rings. The van der Waals surface area contributed by atoms with Gasteiger partial charge in [0.25, 0.3) is 0 Å². The van der Waals surface area contributed by atoms with Crippen LogP contribution in [-0.2, 0) is 0 Å². The fourth-order valence-electron chi connectivity index (χ4n) is 3.77. The smallest absolute Gasteiger partial charge is 0.0381 e. The normalized spacial score (nSPS) is 32.6. The molecule has 2 heterocycles. The minimum absolute atomic E-state index is 0.137. The van der Waals surface area contributed by atoms with Gasteiger partial charge in [-0.25, -0.2) is 0 Å². The summed E-state index contributed by atoms with van der Waals surface area (Å²) < 4.78 is 0. The topological polar surface area (TPSA) is 15.3 Å². The van der Waals surface area contributed by atoms with Crippen molar-refractivity contribution in [3.63, 3.8) is 0 Å². The Morgan fingerprint density at radius 2 is 1.78 bits per heavy atom. The Kier molecular flexibility index (Phi) is 4.05. The molecule has 2 fully saturated rings. The zero-order valence-electron chi connectivity index (χ0n) is 12.6. The van der Waals surface area contributed by atoms with Gasteiger partial charge in [-0.1, -0.05) is 19.9 Å². The molecular weight excluding hydrogens is 220 g/mol. The zero-order valence-corrected chi connectivity index (χ0v) is 12.6. The van der Waals surface area contributed by atoms with Gasteiger partial charge in [0.1, 0.15) is 0 Å². The van der Waals surface area contributed by atoms with Crippen LogP contribution in [-0.4, -0.2) is 29.1 Å². The first kappa shape index (κ1) is 13.9. The Morgan fingerprint density at radius 1 is 1.22 bits per heavy atom. The molecule has 18 heavy (non-hydrogen) atoms. The average molecular weight is 250 g/mol. The fraction of sp³-hybridized carbons (Fsp3) is 0.875. The van der Waals surface area contributed by atoms with Crippen molar-refractivity contribution in [2.75, 3.05) is 6.54 Å². The highest BCUT2D eigenvalue weighted by Crippen LogP contribution is 2.39. The summed E-state index contributed by atoms with van der Waals surface area (Å²) in [4.78, 5) is 2.72. The summed E-state index contributed by atoms with van der Waals surface area (Å²) in [5.74, 6) is 0.975. The Morgan fingerprint density at radius 3 is 2.22 bits per heavy atom. The number of fused-ring (bicyclic) bond motifs is 2. The van der Waals surface area contributed by atoms with E-state index >= 15 is 0 Å². The van der Waals surface area contributed by atoms with Crippen molar-refractivity contribution >= 4 is 0 Å². The minimum Gasteiger partial charge on any atom is -0.383 e. The van der Waals surface area contributed by atoms with Gasteiger partial charge in [-0.3, -0.25) is 4.90 Å². The highest BCUT2D eigenvalue weighted by atomic mass is 15.2. The lowest BCUT2D eigenvalue weighted by Crippen LogP contribution is -2.46. The largest absolute Gasteiger partial charge is 0.383 e. The van der Waals surface area contributed by atoms with E-state index in [1.165, 1.54) is 37.8 Å². The van der Waals surface area contributed by atoms with E-state index in [0.29, 0.717) is 0 Å². The predicted molar refractivity (Wildman–Crippen MR) is 78.6 cm³/mol. The highest BCUT2D eigenvalue weighted by molar-refractivity contribution is 5.04. The summed E-state index contributed by atoms with van der Waals surface area (Å²) >= 11 is 0.